The summed E-state index contributed by atoms with van der Waals surface area (Å²) >= 11 is 25.0. The summed E-state index contributed by atoms with van der Waals surface area (Å²) in [4.78, 5) is 1.84. The number of aliphatic hydroxyl groups excluding tert-OH is 6. The van der Waals surface area contributed by atoms with E-state index in [4.69, 9.17) is 33.9 Å². The van der Waals surface area contributed by atoms with Crippen LogP contribution in [0, 0.1) is 29.6 Å². The van der Waals surface area contributed by atoms with Crippen LogP contribution in [0.25, 0.3) is 10.6 Å². The minimum absolute atomic E-state index is 0. The van der Waals surface area contributed by atoms with Crippen molar-refractivity contribution >= 4 is 86.7 Å². The third-order valence-corrected chi connectivity index (χ3v) is 9.45. The first-order valence-electron chi connectivity index (χ1n) is 23.3. The van der Waals surface area contributed by atoms with Crippen LogP contribution in [-0.4, -0.2) is 191 Å². The molecule has 0 aromatic carbocycles. The Morgan fingerprint density at radius 2 is 0.812 bits per heavy atom. The minimum atomic E-state index is -0.631. The van der Waals surface area contributed by atoms with E-state index in [0.29, 0.717) is 116 Å². The smallest absolute Gasteiger partial charge is 0.658 e. The van der Waals surface area contributed by atoms with Crippen molar-refractivity contribution in [2.45, 2.75) is 133 Å². The molecule has 8 atom stereocenters. The van der Waals surface area contributed by atoms with Crippen molar-refractivity contribution in [3.8, 4) is 0 Å². The number of hydrogen-bond donors (Lipinski definition) is 6. The number of ether oxygens (including phenoxy) is 5. The second-order valence-electron chi connectivity index (χ2n) is 16.4. The van der Waals surface area contributed by atoms with Gasteiger partial charge in [-0.1, -0.05) is 108 Å². The molecule has 0 rings (SSSR count). The molecule has 0 aliphatic heterocycles. The zero-order valence-electron chi connectivity index (χ0n) is 45.5. The van der Waals surface area contributed by atoms with E-state index >= 15 is 0 Å². The van der Waals surface area contributed by atoms with Crippen LogP contribution in [0.15, 0.2) is 0 Å². The molecule has 0 aliphatic rings. The first-order chi connectivity index (χ1) is 31.3. The van der Waals surface area contributed by atoms with Gasteiger partial charge in [-0.05, 0) is 78.5 Å². The Morgan fingerprint density at radius 1 is 0.522 bits per heavy atom. The zero-order valence-corrected chi connectivity index (χ0v) is 56.4. The molecule has 398 valence electrons. The standard InChI is InChI=1S/C18H39NO5.C11H22NO3S2.C10H22NO3.C5H12.2CS2.3Na/c1-5-15(3)11-23-13-17(21)9-19(7-8-20)10-18(22)14-24-12-16(4)6-2;1-3-9(2)7-14-8-10(13)6-12-4-5-15-11(16)17;1-3-9(2)7-14-8-10(13)6-11-4-5-12;1-4-5(2)3;2*2-1-3;;;/h15-18,20-22H,5-14H2,1-4H3;9-10,13H,3-8H2,1-2H3,(H,16,17);9-10,12-13H,3-8H2,1-2H3;5H,4H2,1-3H3;;;;;/q;2*-1;;;;3*+1/p-1. The van der Waals surface area contributed by atoms with Crippen LogP contribution in [0.3, 0.4) is 0 Å². The summed E-state index contributed by atoms with van der Waals surface area (Å²) in [5, 5.41) is 64.7. The second-order valence-corrected chi connectivity index (χ2v) is 18.7. The summed E-state index contributed by atoms with van der Waals surface area (Å²) in [6.07, 6.45) is 3.23. The van der Waals surface area contributed by atoms with Gasteiger partial charge < -0.3 is 89.8 Å². The number of hydrogen-bond acceptors (Lipinski definition) is 18. The van der Waals surface area contributed by atoms with Gasteiger partial charge in [-0.3, -0.25) is 4.90 Å². The van der Waals surface area contributed by atoms with Gasteiger partial charge in [-0.25, -0.2) is 0 Å². The number of rotatable bonds is 36. The summed E-state index contributed by atoms with van der Waals surface area (Å²) in [7, 11) is 0. The Morgan fingerprint density at radius 3 is 1.06 bits per heavy atom. The largest absolute Gasteiger partial charge is 1.00 e. The van der Waals surface area contributed by atoms with Gasteiger partial charge in [0.25, 0.3) is 0 Å². The molecule has 0 aliphatic carbocycles. The van der Waals surface area contributed by atoms with Gasteiger partial charge in [0.2, 0.25) is 0 Å². The molecule has 0 heterocycles. The summed E-state index contributed by atoms with van der Waals surface area (Å²) in [6.45, 7) is 30.5. The van der Waals surface area contributed by atoms with Crippen LogP contribution in [0.2, 0.25) is 0 Å². The van der Waals surface area contributed by atoms with Crippen molar-refractivity contribution in [1.29, 1.82) is 0 Å². The average molecular weight is 1130 g/mol. The van der Waals surface area contributed by atoms with E-state index in [0.717, 1.165) is 31.6 Å². The number of aliphatic hydroxyl groups is 6. The molecule has 0 aromatic heterocycles. The molecule has 69 heavy (non-hydrogen) atoms. The molecule has 8 unspecified atom stereocenters. The van der Waals surface area contributed by atoms with Gasteiger partial charge in [-0.2, -0.15) is 0 Å². The fourth-order valence-electron chi connectivity index (χ4n) is 4.04. The number of thiocarbonyl (C=S) groups is 5. The van der Waals surface area contributed by atoms with E-state index in [1.807, 2.05) is 13.5 Å². The van der Waals surface area contributed by atoms with Gasteiger partial charge >= 0.3 is 88.7 Å². The summed E-state index contributed by atoms with van der Waals surface area (Å²) < 4.78 is 30.5. The van der Waals surface area contributed by atoms with E-state index < -0.39 is 24.4 Å². The maximum Gasteiger partial charge on any atom is 1.00 e. The molecular weight excluding hydrogens is 1030 g/mol. The predicted molar refractivity (Wildman–Crippen MR) is 293 cm³/mol. The number of nitrogens with zero attached hydrogens (tertiary/aromatic N) is 3. The maximum atomic E-state index is 10.1. The van der Waals surface area contributed by atoms with Gasteiger partial charge in [0, 0.05) is 65.7 Å². The van der Waals surface area contributed by atoms with E-state index in [2.05, 4.69) is 161 Å². The summed E-state index contributed by atoms with van der Waals surface area (Å²) in [6, 6.07) is 0. The normalized spacial score (nSPS) is 13.5. The van der Waals surface area contributed by atoms with Crippen molar-refractivity contribution in [3.63, 3.8) is 0 Å². The van der Waals surface area contributed by atoms with Gasteiger partial charge in [0.1, 0.15) is 0 Å². The monoisotopic (exact) mass is 1130 g/mol. The van der Waals surface area contributed by atoms with Crippen LogP contribution >= 0.6 is 61.1 Å². The molecule has 14 nitrogen and oxygen atoms in total. The summed E-state index contributed by atoms with van der Waals surface area (Å²) in [5.74, 6) is 2.91. The zero-order chi connectivity index (χ0) is 52.0. The molecule has 23 heteroatoms. The van der Waals surface area contributed by atoms with E-state index in [1.165, 1.54) is 6.42 Å². The molecule has 0 radical (unpaired) electrons. The molecule has 0 fully saturated rings. The molecule has 0 saturated carbocycles. The Bertz CT molecular complexity index is 1020. The van der Waals surface area contributed by atoms with Crippen LogP contribution in [0.1, 0.15) is 108 Å². The van der Waals surface area contributed by atoms with Crippen molar-refractivity contribution in [2.75, 3.05) is 118 Å². The Balaban J connectivity index is -0.000000101. The van der Waals surface area contributed by atoms with Crippen LogP contribution in [0.4, 0.5) is 0 Å². The molecule has 0 amide bonds. The molecule has 0 aromatic rings. The van der Waals surface area contributed by atoms with E-state index in [-0.39, 0.29) is 119 Å². The van der Waals surface area contributed by atoms with E-state index in [9.17, 15) is 20.4 Å². The molecular formula is C46H94N3Na3O11S6. The SMILES string of the molecule is CCC(C)C.CCC(C)COCC(O)CN(CCO)CC(O)COCC(C)CC.CCC(C)COCC(O)C[N-]CCO.CCC(C)COCC(O)C[N-]CCOC(=S)[S-].S=C=S.S=C=S.[Na+].[Na+].[Na+]. The summed E-state index contributed by atoms with van der Waals surface area (Å²) in [5.41, 5.74) is 0. The maximum absolute atomic E-state index is 10.1. The van der Waals surface area contributed by atoms with Crippen LogP contribution in [0.5, 0.6) is 0 Å². The topological polar surface area (TPSA) is 199 Å². The van der Waals surface area contributed by atoms with Crippen molar-refractivity contribution < 1.29 is 143 Å². The van der Waals surface area contributed by atoms with Crippen molar-refractivity contribution in [2.24, 2.45) is 29.6 Å². The van der Waals surface area contributed by atoms with Crippen LogP contribution < -0.4 is 88.7 Å². The van der Waals surface area contributed by atoms with Gasteiger partial charge in [-0.15, -0.1) is 26.2 Å². The fourth-order valence-corrected chi connectivity index (χ4v) is 4.21. The van der Waals surface area contributed by atoms with Gasteiger partial charge in [0.05, 0.1) is 64.1 Å². The Kier molecular flexibility index (Phi) is 99.8. The molecule has 0 saturated heterocycles. The van der Waals surface area contributed by atoms with E-state index in [1.54, 1.807) is 0 Å². The van der Waals surface area contributed by atoms with Crippen molar-refractivity contribution in [1.82, 2.24) is 4.90 Å². The minimum Gasteiger partial charge on any atom is -0.658 e. The second kappa shape index (κ2) is 75.3. The first-order valence-corrected chi connectivity index (χ1v) is 25.8. The van der Waals surface area contributed by atoms with Crippen LogP contribution in [-0.2, 0) is 36.3 Å². The molecule has 6 N–H and O–H groups in total. The van der Waals surface area contributed by atoms with Gasteiger partial charge in [0.15, 0.2) is 0 Å². The Hall–Kier alpha value is 3.03. The Labute approximate surface area is 520 Å². The fraction of sp³-hybridized carbons (Fsp3) is 0.935. The molecule has 0 spiro atoms. The predicted octanol–water partition coefficient (Wildman–Crippen LogP) is -1.36. The average Bonchev–Trinajstić information content (AvgIpc) is 3.27. The quantitative estimate of drug-likeness (QED) is 0.0186. The third kappa shape index (κ3) is 90.9. The van der Waals surface area contributed by atoms with Crippen molar-refractivity contribution in [3.05, 3.63) is 10.6 Å². The first kappa shape index (κ1) is 91.5. The molecule has 0 bridgehead atoms. The third-order valence-electron chi connectivity index (χ3n) is 9.22.